The highest BCUT2D eigenvalue weighted by Crippen LogP contribution is 2.47. The molecule has 0 bridgehead atoms. The van der Waals surface area contributed by atoms with Gasteiger partial charge < -0.3 is 14.2 Å². The zero-order chi connectivity index (χ0) is 21.9. The van der Waals surface area contributed by atoms with Gasteiger partial charge in [0.2, 0.25) is 5.88 Å². The first kappa shape index (κ1) is 20.4. The minimum atomic E-state index is 0.406. The van der Waals surface area contributed by atoms with Crippen molar-refractivity contribution in [2.75, 3.05) is 27.4 Å². The highest BCUT2D eigenvalue weighted by atomic mass is 16.5. The molecule has 4 aromatic rings. The molecular weight excluding hydrogens is 406 g/mol. The Bertz CT molecular complexity index is 1210. The van der Waals surface area contributed by atoms with Gasteiger partial charge in [0.05, 0.1) is 50.3 Å². The molecule has 32 heavy (non-hydrogen) atoms. The molecule has 4 aromatic heterocycles. The van der Waals surface area contributed by atoms with E-state index in [4.69, 9.17) is 19.2 Å². The number of pyridine rings is 3. The molecule has 1 aliphatic carbocycles. The van der Waals surface area contributed by atoms with Gasteiger partial charge in [-0.05, 0) is 36.8 Å². The van der Waals surface area contributed by atoms with E-state index in [-0.39, 0.29) is 0 Å². The van der Waals surface area contributed by atoms with Crippen LogP contribution in [0.25, 0.3) is 22.2 Å². The van der Waals surface area contributed by atoms with E-state index in [1.165, 1.54) is 0 Å². The van der Waals surface area contributed by atoms with Gasteiger partial charge >= 0.3 is 0 Å². The molecular formula is C24H25N5O3. The predicted molar refractivity (Wildman–Crippen MR) is 120 cm³/mol. The van der Waals surface area contributed by atoms with Gasteiger partial charge in [-0.2, -0.15) is 5.10 Å². The highest BCUT2D eigenvalue weighted by Gasteiger charge is 2.40. The number of methoxy groups -OCH3 is 2. The standard InChI is InChI=1S/C24H25N5O3/c1-30-9-8-29-14-17(12-27-29)20-11-23-22(4-3-7-25-23)28-24(20)32-15-16-10-19(16)21-6-5-18(31-2)13-26-21/h3-7,11-14,16,19H,8-10,15H2,1-2H3/t16-,19+/m1/s1. The van der Waals surface area contributed by atoms with Crippen molar-refractivity contribution < 1.29 is 14.2 Å². The van der Waals surface area contributed by atoms with Crippen molar-refractivity contribution in [3.05, 3.63) is 60.8 Å². The molecule has 0 aromatic carbocycles. The lowest BCUT2D eigenvalue weighted by Crippen LogP contribution is -2.05. The first-order valence-electron chi connectivity index (χ1n) is 10.7. The molecule has 5 rings (SSSR count). The molecule has 164 valence electrons. The maximum atomic E-state index is 6.26. The first-order chi connectivity index (χ1) is 15.7. The van der Waals surface area contributed by atoms with Gasteiger partial charge in [-0.3, -0.25) is 14.6 Å². The van der Waals surface area contributed by atoms with E-state index in [0.717, 1.165) is 40.0 Å². The fourth-order valence-electron chi connectivity index (χ4n) is 3.82. The second-order valence-corrected chi connectivity index (χ2v) is 7.90. The van der Waals surface area contributed by atoms with E-state index < -0.39 is 0 Å². The van der Waals surface area contributed by atoms with E-state index in [0.29, 0.717) is 37.5 Å². The van der Waals surface area contributed by atoms with Gasteiger partial charge in [0.25, 0.3) is 0 Å². The molecule has 0 amide bonds. The molecule has 8 heteroatoms. The number of nitrogens with zero attached hydrogens (tertiary/aromatic N) is 5. The van der Waals surface area contributed by atoms with Gasteiger partial charge in [0.15, 0.2) is 0 Å². The Kier molecular flexibility index (Phi) is 5.68. The Labute approximate surface area is 186 Å². The maximum Gasteiger partial charge on any atom is 0.222 e. The molecule has 1 aliphatic rings. The average Bonchev–Trinajstić information content (AvgIpc) is 3.47. The summed E-state index contributed by atoms with van der Waals surface area (Å²) in [5, 5.41) is 4.44. The smallest absolute Gasteiger partial charge is 0.222 e. The van der Waals surface area contributed by atoms with Gasteiger partial charge in [0, 0.05) is 48.2 Å². The minimum absolute atomic E-state index is 0.406. The summed E-state index contributed by atoms with van der Waals surface area (Å²) in [7, 11) is 3.33. The van der Waals surface area contributed by atoms with Crippen molar-refractivity contribution in [2.24, 2.45) is 5.92 Å². The lowest BCUT2D eigenvalue weighted by molar-refractivity contribution is 0.183. The fraction of sp³-hybridized carbons (Fsp3) is 0.333. The number of rotatable bonds is 9. The van der Waals surface area contributed by atoms with E-state index in [2.05, 4.69) is 15.1 Å². The first-order valence-corrected chi connectivity index (χ1v) is 10.7. The molecule has 0 spiro atoms. The predicted octanol–water partition coefficient (Wildman–Crippen LogP) is 3.73. The largest absolute Gasteiger partial charge is 0.495 e. The molecule has 1 fully saturated rings. The van der Waals surface area contributed by atoms with Crippen LogP contribution in [0.4, 0.5) is 0 Å². The van der Waals surface area contributed by atoms with Crippen LogP contribution < -0.4 is 9.47 Å². The summed E-state index contributed by atoms with van der Waals surface area (Å²) >= 11 is 0. The zero-order valence-electron chi connectivity index (χ0n) is 18.1. The second-order valence-electron chi connectivity index (χ2n) is 7.90. The number of aromatic nitrogens is 5. The van der Waals surface area contributed by atoms with E-state index in [9.17, 15) is 0 Å². The summed E-state index contributed by atoms with van der Waals surface area (Å²) in [6.45, 7) is 1.87. The van der Waals surface area contributed by atoms with Crippen LogP contribution in [0.2, 0.25) is 0 Å². The van der Waals surface area contributed by atoms with Gasteiger partial charge in [-0.25, -0.2) is 4.98 Å². The monoisotopic (exact) mass is 431 g/mol. The number of ether oxygens (including phenoxy) is 3. The molecule has 0 aliphatic heterocycles. The van der Waals surface area contributed by atoms with Crippen LogP contribution in [0.3, 0.4) is 0 Å². The number of hydrogen-bond acceptors (Lipinski definition) is 7. The Morgan fingerprint density at radius 3 is 2.84 bits per heavy atom. The van der Waals surface area contributed by atoms with Crippen LogP contribution in [0.15, 0.2) is 55.1 Å². The summed E-state index contributed by atoms with van der Waals surface area (Å²) < 4.78 is 18.5. The third kappa shape index (κ3) is 4.27. The van der Waals surface area contributed by atoms with Crippen molar-refractivity contribution in [2.45, 2.75) is 18.9 Å². The minimum Gasteiger partial charge on any atom is -0.495 e. The van der Waals surface area contributed by atoms with Gasteiger partial charge in [-0.1, -0.05) is 0 Å². The van der Waals surface area contributed by atoms with Crippen molar-refractivity contribution in [3.8, 4) is 22.8 Å². The lowest BCUT2D eigenvalue weighted by Gasteiger charge is -2.11. The summed E-state index contributed by atoms with van der Waals surface area (Å²) in [6.07, 6.45) is 8.41. The van der Waals surface area contributed by atoms with Crippen molar-refractivity contribution >= 4 is 11.0 Å². The van der Waals surface area contributed by atoms with Crippen LogP contribution in [0.5, 0.6) is 11.6 Å². The molecule has 1 saturated carbocycles. The zero-order valence-corrected chi connectivity index (χ0v) is 18.1. The van der Waals surface area contributed by atoms with Crippen LogP contribution in [0, 0.1) is 5.92 Å². The quantitative estimate of drug-likeness (QED) is 0.399. The normalized spacial score (nSPS) is 17.4. The third-order valence-electron chi connectivity index (χ3n) is 5.75. The van der Waals surface area contributed by atoms with E-state index >= 15 is 0 Å². The second kappa shape index (κ2) is 8.92. The van der Waals surface area contributed by atoms with E-state index in [1.807, 2.05) is 47.4 Å². The Morgan fingerprint density at radius 2 is 2.03 bits per heavy atom. The summed E-state index contributed by atoms with van der Waals surface area (Å²) in [4.78, 5) is 13.7. The molecule has 8 nitrogen and oxygen atoms in total. The van der Waals surface area contributed by atoms with Crippen LogP contribution in [-0.2, 0) is 11.3 Å². The van der Waals surface area contributed by atoms with Gasteiger partial charge in [0.1, 0.15) is 5.75 Å². The SMILES string of the molecule is COCCn1cc(-c2cc3ncccc3nc2OC[C@H]2C[C@@H]2c2ccc(OC)cn2)cn1. The molecule has 4 heterocycles. The summed E-state index contributed by atoms with van der Waals surface area (Å²) in [5.41, 5.74) is 4.54. The third-order valence-corrected chi connectivity index (χ3v) is 5.75. The van der Waals surface area contributed by atoms with Crippen molar-refractivity contribution in [3.63, 3.8) is 0 Å². The average molecular weight is 431 g/mol. The van der Waals surface area contributed by atoms with Gasteiger partial charge in [-0.15, -0.1) is 0 Å². The number of hydrogen-bond donors (Lipinski definition) is 0. The highest BCUT2D eigenvalue weighted by molar-refractivity contribution is 5.83. The number of fused-ring (bicyclic) bond motifs is 1. The Hall–Kier alpha value is -3.52. The van der Waals surface area contributed by atoms with Crippen LogP contribution in [-0.4, -0.2) is 52.2 Å². The molecule has 0 unspecified atom stereocenters. The molecule has 0 radical (unpaired) electrons. The van der Waals surface area contributed by atoms with Crippen molar-refractivity contribution in [1.82, 2.24) is 24.7 Å². The lowest BCUT2D eigenvalue weighted by atomic mass is 10.1. The van der Waals surface area contributed by atoms with Crippen molar-refractivity contribution in [1.29, 1.82) is 0 Å². The Morgan fingerprint density at radius 1 is 1.09 bits per heavy atom. The molecule has 0 saturated heterocycles. The Balaban J connectivity index is 1.35. The van der Waals surface area contributed by atoms with Crippen LogP contribution >= 0.6 is 0 Å². The maximum absolute atomic E-state index is 6.26. The summed E-state index contributed by atoms with van der Waals surface area (Å²) in [6, 6.07) is 9.83. The van der Waals surface area contributed by atoms with E-state index in [1.54, 1.807) is 26.6 Å². The molecule has 0 N–H and O–H groups in total. The summed E-state index contributed by atoms with van der Waals surface area (Å²) in [5.74, 6) is 2.19. The van der Waals surface area contributed by atoms with Crippen LogP contribution in [0.1, 0.15) is 18.0 Å². The molecule has 2 atom stereocenters. The topological polar surface area (TPSA) is 84.2 Å². The fourth-order valence-corrected chi connectivity index (χ4v) is 3.82.